The summed E-state index contributed by atoms with van der Waals surface area (Å²) in [4.78, 5) is 35.6. The summed E-state index contributed by atoms with van der Waals surface area (Å²) >= 11 is 0. The molecule has 1 saturated heterocycles. The number of ether oxygens (including phenoxy) is 1. The number of para-hydroxylation sites is 3. The Labute approximate surface area is 190 Å². The van der Waals surface area contributed by atoms with Gasteiger partial charge in [-0.15, -0.1) is 0 Å². The lowest BCUT2D eigenvalue weighted by atomic mass is 9.94. The number of aromatic amines is 1. The standard InChI is InChI=1S/C26H21N3O4/c1-15-8-7-9-16(14-15)22-21(23(30)17-10-3-6-13-20(17)33-2)24(31)25(32)29(22)26-27-18-11-4-5-12-19(18)28-26/h3-14,22,30H,1-2H3,(H,27,28)/b23-21+. The number of imidazole rings is 1. The highest BCUT2D eigenvalue weighted by molar-refractivity contribution is 6.51. The summed E-state index contributed by atoms with van der Waals surface area (Å²) in [6.07, 6.45) is 0. The summed E-state index contributed by atoms with van der Waals surface area (Å²) < 4.78 is 5.38. The van der Waals surface area contributed by atoms with Gasteiger partial charge in [0.1, 0.15) is 11.5 Å². The number of methoxy groups -OCH3 is 1. The largest absolute Gasteiger partial charge is 0.507 e. The molecule has 33 heavy (non-hydrogen) atoms. The zero-order chi connectivity index (χ0) is 23.1. The van der Waals surface area contributed by atoms with Crippen molar-refractivity contribution in [2.24, 2.45) is 0 Å². The van der Waals surface area contributed by atoms with E-state index >= 15 is 0 Å². The SMILES string of the molecule is COc1ccccc1/C(O)=C1\C(=O)C(=O)N(c2nc3ccccc3[nH]2)C1c1cccc(C)c1. The van der Waals surface area contributed by atoms with Crippen LogP contribution in [0, 0.1) is 6.92 Å². The van der Waals surface area contributed by atoms with Crippen molar-refractivity contribution in [3.05, 3.63) is 95.1 Å². The first-order valence-corrected chi connectivity index (χ1v) is 10.5. The van der Waals surface area contributed by atoms with Crippen molar-refractivity contribution in [1.29, 1.82) is 0 Å². The summed E-state index contributed by atoms with van der Waals surface area (Å²) in [6, 6.07) is 20.8. The molecule has 1 amide bonds. The second kappa shape index (κ2) is 7.94. The van der Waals surface area contributed by atoms with Gasteiger partial charge in [0.05, 0.1) is 35.3 Å². The van der Waals surface area contributed by atoms with E-state index in [1.807, 2.05) is 55.5 Å². The lowest BCUT2D eigenvalue weighted by Gasteiger charge is -2.23. The van der Waals surface area contributed by atoms with Crippen molar-refractivity contribution in [1.82, 2.24) is 9.97 Å². The number of amides is 1. The fourth-order valence-electron chi connectivity index (χ4n) is 4.25. The molecule has 4 aromatic rings. The van der Waals surface area contributed by atoms with E-state index in [1.165, 1.54) is 12.0 Å². The zero-order valence-electron chi connectivity index (χ0n) is 18.1. The smallest absolute Gasteiger partial charge is 0.302 e. The molecule has 1 aromatic heterocycles. The second-order valence-electron chi connectivity index (χ2n) is 7.86. The Hall–Kier alpha value is -4.39. The van der Waals surface area contributed by atoms with Crippen LogP contribution in [-0.2, 0) is 9.59 Å². The highest BCUT2D eigenvalue weighted by Gasteiger charge is 2.48. The maximum atomic E-state index is 13.3. The highest BCUT2D eigenvalue weighted by atomic mass is 16.5. The van der Waals surface area contributed by atoms with Crippen molar-refractivity contribution < 1.29 is 19.4 Å². The lowest BCUT2D eigenvalue weighted by molar-refractivity contribution is -0.132. The monoisotopic (exact) mass is 439 g/mol. The first kappa shape index (κ1) is 20.5. The fraction of sp³-hybridized carbons (Fsp3) is 0.115. The van der Waals surface area contributed by atoms with Crippen LogP contribution in [-0.4, -0.2) is 33.9 Å². The van der Waals surface area contributed by atoms with Gasteiger partial charge in [-0.25, -0.2) is 4.98 Å². The van der Waals surface area contributed by atoms with Crippen molar-refractivity contribution in [3.8, 4) is 5.75 Å². The maximum absolute atomic E-state index is 13.3. The van der Waals surface area contributed by atoms with Gasteiger partial charge in [-0.1, -0.05) is 54.1 Å². The normalized spacial score (nSPS) is 17.6. The van der Waals surface area contributed by atoms with E-state index in [9.17, 15) is 14.7 Å². The molecule has 164 valence electrons. The molecule has 0 radical (unpaired) electrons. The number of aliphatic hydroxyl groups is 1. The number of H-pyrrole nitrogens is 1. The highest BCUT2D eigenvalue weighted by Crippen LogP contribution is 2.42. The van der Waals surface area contributed by atoms with Gasteiger partial charge in [-0.2, -0.15) is 0 Å². The van der Waals surface area contributed by atoms with Gasteiger partial charge in [0.15, 0.2) is 0 Å². The molecule has 0 aliphatic carbocycles. The molecule has 1 unspecified atom stereocenters. The molecule has 1 fully saturated rings. The van der Waals surface area contributed by atoms with Crippen LogP contribution in [0.4, 0.5) is 5.95 Å². The maximum Gasteiger partial charge on any atom is 0.302 e. The van der Waals surface area contributed by atoms with Crippen molar-refractivity contribution >= 4 is 34.4 Å². The van der Waals surface area contributed by atoms with Crippen LogP contribution >= 0.6 is 0 Å². The number of aliphatic hydroxyl groups excluding tert-OH is 1. The molecule has 0 saturated carbocycles. The molecule has 2 N–H and O–H groups in total. The fourth-order valence-corrected chi connectivity index (χ4v) is 4.25. The van der Waals surface area contributed by atoms with Gasteiger partial charge in [-0.05, 0) is 36.8 Å². The Morgan fingerprint density at radius 2 is 1.79 bits per heavy atom. The van der Waals surface area contributed by atoms with Crippen LogP contribution in [0.1, 0.15) is 22.7 Å². The van der Waals surface area contributed by atoms with E-state index in [2.05, 4.69) is 9.97 Å². The van der Waals surface area contributed by atoms with Crippen molar-refractivity contribution in [3.63, 3.8) is 0 Å². The topological polar surface area (TPSA) is 95.5 Å². The number of aryl methyl sites for hydroxylation is 1. The molecule has 5 rings (SSSR count). The molecule has 7 heteroatoms. The van der Waals surface area contributed by atoms with Crippen LogP contribution in [0.5, 0.6) is 5.75 Å². The van der Waals surface area contributed by atoms with Gasteiger partial charge in [0.2, 0.25) is 5.95 Å². The molecular formula is C26H21N3O4. The number of nitrogens with zero attached hydrogens (tertiary/aromatic N) is 2. The first-order chi connectivity index (χ1) is 16.0. The number of fused-ring (bicyclic) bond motifs is 1. The summed E-state index contributed by atoms with van der Waals surface area (Å²) in [5.74, 6) is -1.21. The van der Waals surface area contributed by atoms with E-state index in [1.54, 1.807) is 24.3 Å². The van der Waals surface area contributed by atoms with E-state index in [0.29, 0.717) is 22.4 Å². The molecule has 0 bridgehead atoms. The third-order valence-electron chi connectivity index (χ3n) is 5.77. The summed E-state index contributed by atoms with van der Waals surface area (Å²) in [5, 5.41) is 11.3. The predicted molar refractivity (Wildman–Crippen MR) is 125 cm³/mol. The van der Waals surface area contributed by atoms with E-state index < -0.39 is 17.7 Å². The van der Waals surface area contributed by atoms with Crippen molar-refractivity contribution in [2.45, 2.75) is 13.0 Å². The average Bonchev–Trinajstić information content (AvgIpc) is 3.37. The number of nitrogens with one attached hydrogen (secondary N) is 1. The predicted octanol–water partition coefficient (Wildman–Crippen LogP) is 4.51. The molecular weight excluding hydrogens is 418 g/mol. The van der Waals surface area contributed by atoms with E-state index in [-0.39, 0.29) is 17.3 Å². The Morgan fingerprint density at radius 3 is 2.55 bits per heavy atom. The number of anilines is 1. The van der Waals surface area contributed by atoms with Crippen LogP contribution in [0.2, 0.25) is 0 Å². The summed E-state index contributed by atoms with van der Waals surface area (Å²) in [7, 11) is 1.48. The number of aromatic nitrogens is 2. The van der Waals surface area contributed by atoms with Gasteiger partial charge < -0.3 is 14.8 Å². The Balaban J connectivity index is 1.76. The third-order valence-corrected chi connectivity index (χ3v) is 5.77. The number of rotatable bonds is 4. The molecule has 3 aromatic carbocycles. The molecule has 1 aliphatic rings. The summed E-state index contributed by atoms with van der Waals surface area (Å²) in [6.45, 7) is 1.93. The molecule has 7 nitrogen and oxygen atoms in total. The van der Waals surface area contributed by atoms with E-state index in [4.69, 9.17) is 4.74 Å². The Bertz CT molecular complexity index is 1400. The summed E-state index contributed by atoms with van der Waals surface area (Å²) in [5.41, 5.74) is 3.37. The molecule has 0 spiro atoms. The van der Waals surface area contributed by atoms with Gasteiger partial charge in [-0.3, -0.25) is 14.5 Å². The number of carbonyl (C=O) groups excluding carboxylic acids is 2. The number of Topliss-reactive ketones (excluding diaryl/α,β-unsaturated/α-hetero) is 1. The number of benzene rings is 3. The van der Waals surface area contributed by atoms with E-state index in [0.717, 1.165) is 11.1 Å². The second-order valence-corrected chi connectivity index (χ2v) is 7.86. The number of hydrogen-bond acceptors (Lipinski definition) is 5. The quantitative estimate of drug-likeness (QED) is 0.277. The minimum Gasteiger partial charge on any atom is -0.507 e. The average molecular weight is 439 g/mol. The van der Waals surface area contributed by atoms with Crippen LogP contribution in [0.15, 0.2) is 78.4 Å². The Morgan fingerprint density at radius 1 is 1.03 bits per heavy atom. The minimum atomic E-state index is -0.865. The van der Waals surface area contributed by atoms with Crippen LogP contribution in [0.25, 0.3) is 16.8 Å². The third kappa shape index (κ3) is 3.34. The molecule has 2 heterocycles. The van der Waals surface area contributed by atoms with Crippen LogP contribution in [0.3, 0.4) is 0 Å². The van der Waals surface area contributed by atoms with Gasteiger partial charge >= 0.3 is 5.91 Å². The lowest BCUT2D eigenvalue weighted by Crippen LogP contribution is -2.30. The minimum absolute atomic E-state index is 0.0180. The number of hydrogen-bond donors (Lipinski definition) is 2. The molecule has 1 aliphatic heterocycles. The zero-order valence-corrected chi connectivity index (χ0v) is 18.1. The molecule has 1 atom stereocenters. The number of carbonyl (C=O) groups is 2. The van der Waals surface area contributed by atoms with Crippen molar-refractivity contribution in [2.75, 3.05) is 12.0 Å². The van der Waals surface area contributed by atoms with Gasteiger partial charge in [0, 0.05) is 0 Å². The first-order valence-electron chi connectivity index (χ1n) is 10.5. The Kier molecular flexibility index (Phi) is 4.94. The van der Waals surface area contributed by atoms with Crippen LogP contribution < -0.4 is 9.64 Å². The number of ketones is 1. The van der Waals surface area contributed by atoms with Gasteiger partial charge in [0.25, 0.3) is 5.78 Å².